The summed E-state index contributed by atoms with van der Waals surface area (Å²) in [5.74, 6) is 0.766. The van der Waals surface area contributed by atoms with E-state index in [1.165, 1.54) is 22.8 Å². The number of ether oxygens (including phenoxy) is 4. The van der Waals surface area contributed by atoms with Gasteiger partial charge in [-0.25, -0.2) is 9.79 Å². The van der Waals surface area contributed by atoms with Crippen LogP contribution in [0.25, 0.3) is 11.8 Å². The number of thiazole rings is 1. The lowest BCUT2D eigenvalue weighted by Gasteiger charge is -2.28. The van der Waals surface area contributed by atoms with Crippen molar-refractivity contribution in [2.45, 2.75) is 39.7 Å². The summed E-state index contributed by atoms with van der Waals surface area (Å²) in [6.45, 7) is 7.76. The number of hydrogen-bond acceptors (Lipinski definition) is 10. The van der Waals surface area contributed by atoms with Gasteiger partial charge in [-0.05, 0) is 60.7 Å². The number of carbonyl (C=O) groups excluding carboxylic acids is 1. The minimum absolute atomic E-state index is 0.0589. The molecule has 2 aliphatic rings. The van der Waals surface area contributed by atoms with Crippen molar-refractivity contribution in [3.8, 4) is 17.2 Å². The zero-order valence-electron chi connectivity index (χ0n) is 25.9. The molecule has 0 N–H and O–H groups in total. The second-order valence-electron chi connectivity index (χ2n) is 11.1. The third kappa shape index (κ3) is 5.34. The van der Waals surface area contributed by atoms with E-state index in [1.807, 2.05) is 63.2 Å². The largest absolute Gasteiger partial charge is 0.496 e. The van der Waals surface area contributed by atoms with Crippen molar-refractivity contribution in [1.29, 1.82) is 0 Å². The second-order valence-corrected chi connectivity index (χ2v) is 12.1. The lowest BCUT2D eigenvalue weighted by Crippen LogP contribution is -2.40. The summed E-state index contributed by atoms with van der Waals surface area (Å²) in [4.78, 5) is 45.0. The van der Waals surface area contributed by atoms with Crippen LogP contribution in [-0.2, 0) is 9.53 Å². The minimum Gasteiger partial charge on any atom is -0.496 e. The zero-order chi connectivity index (χ0) is 32.7. The van der Waals surface area contributed by atoms with Gasteiger partial charge in [0.2, 0.25) is 6.79 Å². The van der Waals surface area contributed by atoms with E-state index < -0.39 is 22.5 Å². The quantitative estimate of drug-likeness (QED) is 0.149. The van der Waals surface area contributed by atoms with Gasteiger partial charge in [0, 0.05) is 5.56 Å². The summed E-state index contributed by atoms with van der Waals surface area (Å²) in [5.41, 5.74) is 3.15. The van der Waals surface area contributed by atoms with Crippen LogP contribution in [0.4, 0.5) is 5.69 Å². The molecule has 46 heavy (non-hydrogen) atoms. The monoisotopic (exact) mass is 641 g/mol. The zero-order valence-corrected chi connectivity index (χ0v) is 26.7. The van der Waals surface area contributed by atoms with Gasteiger partial charge in [0.25, 0.3) is 11.2 Å². The fourth-order valence-electron chi connectivity index (χ4n) is 5.73. The van der Waals surface area contributed by atoms with Crippen LogP contribution in [-0.4, -0.2) is 36.0 Å². The summed E-state index contributed by atoms with van der Waals surface area (Å²) < 4.78 is 23.7. The summed E-state index contributed by atoms with van der Waals surface area (Å²) in [6, 6.07) is 15.0. The van der Waals surface area contributed by atoms with Gasteiger partial charge in [0.05, 0.1) is 52.1 Å². The standard InChI is InChI=1S/C34H31N3O8S/c1-6-43-33(39)29-30(20-10-8-7-9-11-20)35-34-36(31(29)23-15-22(18(2)3)25(42-5)12-19(23)4)32(38)28(46-34)14-21-13-26-27(45-17-44-26)16-24(21)37(40)41/h7-16,18,31H,6,17H2,1-5H3. The van der Waals surface area contributed by atoms with Crippen molar-refractivity contribution in [3.05, 3.63) is 118 Å². The highest BCUT2D eigenvalue weighted by Gasteiger charge is 2.36. The molecule has 11 nitrogen and oxygen atoms in total. The summed E-state index contributed by atoms with van der Waals surface area (Å²) in [7, 11) is 1.61. The van der Waals surface area contributed by atoms with Crippen molar-refractivity contribution >= 4 is 34.8 Å². The molecule has 2 aliphatic heterocycles. The maximum Gasteiger partial charge on any atom is 0.338 e. The Bertz CT molecular complexity index is 2100. The topological polar surface area (TPSA) is 131 Å². The number of benzene rings is 3. The van der Waals surface area contributed by atoms with E-state index in [0.29, 0.717) is 33.1 Å². The van der Waals surface area contributed by atoms with Crippen LogP contribution in [0.1, 0.15) is 60.5 Å². The normalized spacial score (nSPS) is 15.5. The second kappa shape index (κ2) is 12.3. The molecule has 0 radical (unpaired) electrons. The van der Waals surface area contributed by atoms with Crippen LogP contribution in [0.5, 0.6) is 17.2 Å². The molecule has 0 saturated carbocycles. The number of nitro benzene ring substituents is 1. The number of methoxy groups -OCH3 is 1. The first-order chi connectivity index (χ1) is 22.1. The van der Waals surface area contributed by atoms with Crippen molar-refractivity contribution in [2.24, 2.45) is 4.99 Å². The molecule has 12 heteroatoms. The molecule has 3 heterocycles. The van der Waals surface area contributed by atoms with E-state index >= 15 is 0 Å². The molecule has 1 atom stereocenters. The molecule has 0 aliphatic carbocycles. The molecule has 1 aromatic heterocycles. The Balaban J connectivity index is 1.69. The van der Waals surface area contributed by atoms with Gasteiger partial charge in [-0.1, -0.05) is 55.5 Å². The minimum atomic E-state index is -0.914. The molecular weight excluding hydrogens is 610 g/mol. The number of aromatic nitrogens is 1. The molecule has 0 amide bonds. The Hall–Kier alpha value is -5.23. The summed E-state index contributed by atoms with van der Waals surface area (Å²) >= 11 is 1.08. The van der Waals surface area contributed by atoms with E-state index in [4.69, 9.17) is 23.9 Å². The lowest BCUT2D eigenvalue weighted by molar-refractivity contribution is -0.385. The molecule has 0 bridgehead atoms. The van der Waals surface area contributed by atoms with E-state index in [2.05, 4.69) is 0 Å². The van der Waals surface area contributed by atoms with Crippen LogP contribution in [0.3, 0.4) is 0 Å². The van der Waals surface area contributed by atoms with E-state index in [9.17, 15) is 19.7 Å². The van der Waals surface area contributed by atoms with Gasteiger partial charge in [-0.15, -0.1) is 0 Å². The number of esters is 1. The molecule has 6 rings (SSSR count). The fourth-order valence-corrected chi connectivity index (χ4v) is 6.73. The molecule has 0 spiro atoms. The highest BCUT2D eigenvalue weighted by Crippen LogP contribution is 2.41. The molecule has 0 fully saturated rings. The first-order valence-corrected chi connectivity index (χ1v) is 15.5. The SMILES string of the molecule is CCOC(=O)C1=C(c2ccccc2)N=c2sc(=Cc3cc4c(cc3[N+](=O)[O-])OCO4)c(=O)n2C1c1cc(C(C)C)c(OC)cc1C. The highest BCUT2D eigenvalue weighted by molar-refractivity contribution is 7.07. The van der Waals surface area contributed by atoms with Gasteiger partial charge < -0.3 is 18.9 Å². The van der Waals surface area contributed by atoms with Crippen molar-refractivity contribution < 1.29 is 28.7 Å². The van der Waals surface area contributed by atoms with E-state index in [1.54, 1.807) is 14.0 Å². The average molecular weight is 642 g/mol. The van der Waals surface area contributed by atoms with Gasteiger partial charge in [0.1, 0.15) is 5.75 Å². The number of nitro groups is 1. The van der Waals surface area contributed by atoms with E-state index in [0.717, 1.165) is 22.5 Å². The maximum absolute atomic E-state index is 14.4. The number of carbonyl (C=O) groups is 1. The van der Waals surface area contributed by atoms with Gasteiger partial charge in [-0.2, -0.15) is 0 Å². The van der Waals surface area contributed by atoms with Crippen molar-refractivity contribution in [3.63, 3.8) is 0 Å². The predicted octanol–water partition coefficient (Wildman–Crippen LogP) is 5.01. The van der Waals surface area contributed by atoms with Gasteiger partial charge in [-0.3, -0.25) is 19.5 Å². The Morgan fingerprint density at radius 1 is 1.17 bits per heavy atom. The number of fused-ring (bicyclic) bond motifs is 2. The molecule has 1 unspecified atom stereocenters. The lowest BCUT2D eigenvalue weighted by atomic mass is 9.87. The molecule has 4 aromatic rings. The third-order valence-electron chi connectivity index (χ3n) is 7.91. The number of nitrogens with zero attached hydrogens (tertiary/aromatic N) is 3. The van der Waals surface area contributed by atoms with Crippen LogP contribution in [0, 0.1) is 17.0 Å². The van der Waals surface area contributed by atoms with Gasteiger partial charge >= 0.3 is 5.97 Å². The first-order valence-electron chi connectivity index (χ1n) is 14.7. The Morgan fingerprint density at radius 3 is 2.54 bits per heavy atom. The average Bonchev–Trinajstić information content (AvgIpc) is 3.63. The number of hydrogen-bond donors (Lipinski definition) is 0. The van der Waals surface area contributed by atoms with E-state index in [-0.39, 0.29) is 46.4 Å². The fraction of sp³-hybridized carbons (Fsp3) is 0.265. The van der Waals surface area contributed by atoms with Crippen molar-refractivity contribution in [2.75, 3.05) is 20.5 Å². The predicted molar refractivity (Wildman–Crippen MR) is 172 cm³/mol. The Kier molecular flexibility index (Phi) is 8.22. The number of rotatable bonds is 8. The molecule has 3 aromatic carbocycles. The smallest absolute Gasteiger partial charge is 0.338 e. The molecular formula is C34H31N3O8S. The Morgan fingerprint density at radius 2 is 1.89 bits per heavy atom. The van der Waals surface area contributed by atoms with Crippen LogP contribution in [0.15, 0.2) is 70.0 Å². The molecule has 0 saturated heterocycles. The van der Waals surface area contributed by atoms with Crippen molar-refractivity contribution in [1.82, 2.24) is 4.57 Å². The summed E-state index contributed by atoms with van der Waals surface area (Å²) in [5, 5.41) is 12.0. The van der Waals surface area contributed by atoms with Crippen LogP contribution >= 0.6 is 11.3 Å². The first kappa shape index (κ1) is 30.8. The number of aryl methyl sites for hydroxylation is 1. The highest BCUT2D eigenvalue weighted by atomic mass is 32.1. The van der Waals surface area contributed by atoms with Gasteiger partial charge in [0.15, 0.2) is 16.3 Å². The Labute approximate surface area is 267 Å². The maximum atomic E-state index is 14.4. The molecule has 236 valence electrons. The van der Waals surface area contributed by atoms with Crippen LogP contribution < -0.4 is 29.1 Å². The van der Waals surface area contributed by atoms with Crippen LogP contribution in [0.2, 0.25) is 0 Å². The summed E-state index contributed by atoms with van der Waals surface area (Å²) in [6.07, 6.45) is 1.46. The third-order valence-corrected chi connectivity index (χ3v) is 8.90.